The Balaban J connectivity index is 2.97. The van der Waals surface area contributed by atoms with Gasteiger partial charge in [-0.2, -0.15) is 0 Å². The third-order valence-electron chi connectivity index (χ3n) is 3.04. The van der Waals surface area contributed by atoms with Crippen LogP contribution in [0.5, 0.6) is 0 Å². The summed E-state index contributed by atoms with van der Waals surface area (Å²) in [5, 5.41) is 11.1. The van der Waals surface area contributed by atoms with E-state index in [-0.39, 0.29) is 0 Å². The molecule has 0 radical (unpaired) electrons. The van der Waals surface area contributed by atoms with Gasteiger partial charge in [0.1, 0.15) is 4.75 Å². The van der Waals surface area contributed by atoms with E-state index >= 15 is 0 Å². The van der Waals surface area contributed by atoms with Crippen molar-refractivity contribution in [3.05, 3.63) is 35.9 Å². The molecule has 1 aromatic rings. The minimum Gasteiger partial charge on any atom is -0.478 e. The highest BCUT2D eigenvalue weighted by Crippen LogP contribution is 2.19. The molecule has 1 aromatic carbocycles. The zero-order valence-corrected chi connectivity index (χ0v) is 12.8. The van der Waals surface area contributed by atoms with Gasteiger partial charge < -0.3 is 10.4 Å². The Hall–Kier alpha value is -2.15. The molecule has 0 aromatic heterocycles. The van der Waals surface area contributed by atoms with E-state index in [1.54, 1.807) is 24.3 Å². The molecule has 0 saturated carbocycles. The molecule has 0 aliphatic rings. The number of hydrogen-bond acceptors (Lipinski definition) is 4. The summed E-state index contributed by atoms with van der Waals surface area (Å²) in [7, 11) is -3.56. The first-order valence-electron chi connectivity index (χ1n) is 6.06. The number of carboxylic acids is 1. The molecule has 6 nitrogen and oxygen atoms in total. The number of carbonyl (C=O) groups is 2. The molecule has 0 spiro atoms. The summed E-state index contributed by atoms with van der Waals surface area (Å²) in [4.78, 5) is 22.5. The second-order valence-electron chi connectivity index (χ2n) is 5.03. The van der Waals surface area contributed by atoms with Crippen molar-refractivity contribution in [3.63, 3.8) is 0 Å². The summed E-state index contributed by atoms with van der Waals surface area (Å²) in [6, 6.07) is 6.44. The van der Waals surface area contributed by atoms with E-state index in [2.05, 4.69) is 5.32 Å². The van der Waals surface area contributed by atoms with Crippen molar-refractivity contribution < 1.29 is 23.1 Å². The number of amides is 1. The Kier molecular flexibility index (Phi) is 4.90. The number of anilines is 1. The van der Waals surface area contributed by atoms with Gasteiger partial charge in [-0.15, -0.1) is 0 Å². The van der Waals surface area contributed by atoms with Crippen molar-refractivity contribution in [3.8, 4) is 0 Å². The molecule has 1 amide bonds. The molecule has 7 heteroatoms. The Morgan fingerprint density at radius 2 is 1.90 bits per heavy atom. The molecule has 0 aliphatic heterocycles. The molecule has 0 atom stereocenters. The van der Waals surface area contributed by atoms with E-state index in [1.807, 2.05) is 0 Å². The number of carboxylic acid groups (broad SMARTS) is 1. The second-order valence-corrected chi connectivity index (χ2v) is 7.60. The smallest absolute Gasteiger partial charge is 0.328 e. The van der Waals surface area contributed by atoms with Gasteiger partial charge in [-0.05, 0) is 37.6 Å². The molecular formula is C14H17NO5S. The maximum absolute atomic E-state index is 12.1. The van der Waals surface area contributed by atoms with Crippen LogP contribution < -0.4 is 5.32 Å². The minimum absolute atomic E-state index is 0.393. The number of rotatable bonds is 5. The van der Waals surface area contributed by atoms with Crippen LogP contribution in [-0.2, 0) is 19.4 Å². The monoisotopic (exact) mass is 311 g/mol. The fourth-order valence-electron chi connectivity index (χ4n) is 1.34. The van der Waals surface area contributed by atoms with E-state index in [1.165, 1.54) is 19.9 Å². The number of benzene rings is 1. The van der Waals surface area contributed by atoms with Crippen LogP contribution >= 0.6 is 0 Å². The molecule has 0 heterocycles. The normalized spacial score (nSPS) is 12.3. The Bertz CT molecular complexity index is 689. The van der Waals surface area contributed by atoms with Gasteiger partial charge in [0.15, 0.2) is 9.84 Å². The second kappa shape index (κ2) is 6.09. The molecule has 2 N–H and O–H groups in total. The predicted octanol–water partition coefficient (Wildman–Crippen LogP) is 1.55. The largest absolute Gasteiger partial charge is 0.478 e. The Labute approximate surface area is 123 Å². The first-order valence-corrected chi connectivity index (χ1v) is 7.95. The average molecular weight is 311 g/mol. The molecule has 0 saturated heterocycles. The molecule has 1 rings (SSSR count). The number of hydrogen-bond donors (Lipinski definition) is 2. The maximum Gasteiger partial charge on any atom is 0.328 e. The van der Waals surface area contributed by atoms with Crippen molar-refractivity contribution in [2.75, 3.05) is 11.6 Å². The molecule has 21 heavy (non-hydrogen) atoms. The van der Waals surface area contributed by atoms with Crippen LogP contribution in [-0.4, -0.2) is 36.4 Å². The number of aliphatic carboxylic acids is 1. The van der Waals surface area contributed by atoms with Crippen LogP contribution in [0, 0.1) is 0 Å². The van der Waals surface area contributed by atoms with Gasteiger partial charge in [-0.3, -0.25) is 4.79 Å². The van der Waals surface area contributed by atoms with Crippen LogP contribution in [0.1, 0.15) is 19.4 Å². The van der Waals surface area contributed by atoms with Crippen molar-refractivity contribution in [2.24, 2.45) is 0 Å². The lowest BCUT2D eigenvalue weighted by Gasteiger charge is -2.21. The first kappa shape index (κ1) is 16.9. The quantitative estimate of drug-likeness (QED) is 0.803. The van der Waals surface area contributed by atoms with Gasteiger partial charge in [-0.1, -0.05) is 12.1 Å². The van der Waals surface area contributed by atoms with E-state index in [9.17, 15) is 18.0 Å². The zero-order valence-electron chi connectivity index (χ0n) is 12.0. The van der Waals surface area contributed by atoms with Crippen molar-refractivity contribution in [1.82, 2.24) is 0 Å². The Morgan fingerprint density at radius 1 is 1.29 bits per heavy atom. The summed E-state index contributed by atoms with van der Waals surface area (Å²) in [5.41, 5.74) is 0.969. The third kappa shape index (κ3) is 4.42. The van der Waals surface area contributed by atoms with Crippen LogP contribution in [0.2, 0.25) is 0 Å². The third-order valence-corrected chi connectivity index (χ3v) is 5.08. The topological polar surface area (TPSA) is 101 Å². The summed E-state index contributed by atoms with van der Waals surface area (Å²) in [6.45, 7) is 2.65. The minimum atomic E-state index is -3.56. The lowest BCUT2D eigenvalue weighted by atomic mass is 10.1. The van der Waals surface area contributed by atoms with Crippen LogP contribution in [0.4, 0.5) is 5.69 Å². The average Bonchev–Trinajstić information content (AvgIpc) is 2.35. The summed E-state index contributed by atoms with van der Waals surface area (Å²) >= 11 is 0. The number of nitrogens with one attached hydrogen (secondary N) is 1. The summed E-state index contributed by atoms with van der Waals surface area (Å²) in [6.07, 6.45) is 3.35. The van der Waals surface area contributed by atoms with Crippen molar-refractivity contribution in [1.29, 1.82) is 0 Å². The van der Waals surface area contributed by atoms with Gasteiger partial charge in [0.05, 0.1) is 0 Å². The van der Waals surface area contributed by atoms with Crippen LogP contribution in [0.25, 0.3) is 6.08 Å². The van der Waals surface area contributed by atoms with Crippen molar-refractivity contribution >= 4 is 33.5 Å². The zero-order chi connectivity index (χ0) is 16.3. The molecule has 0 aliphatic carbocycles. The molecule has 0 fully saturated rings. The lowest BCUT2D eigenvalue weighted by molar-refractivity contribution is -0.131. The SMILES string of the molecule is CC(C)(C(=O)Nc1cccc(/C=C/C(=O)O)c1)S(C)(=O)=O. The molecular weight excluding hydrogens is 294 g/mol. The van der Waals surface area contributed by atoms with E-state index in [4.69, 9.17) is 5.11 Å². The summed E-state index contributed by atoms with van der Waals surface area (Å²) in [5.74, 6) is -1.73. The fourth-order valence-corrected chi connectivity index (χ4v) is 1.73. The molecule has 0 bridgehead atoms. The van der Waals surface area contributed by atoms with E-state index in [0.29, 0.717) is 11.3 Å². The molecule has 0 unspecified atom stereocenters. The fraction of sp³-hybridized carbons (Fsp3) is 0.286. The van der Waals surface area contributed by atoms with E-state index in [0.717, 1.165) is 12.3 Å². The number of sulfone groups is 1. The lowest BCUT2D eigenvalue weighted by Crippen LogP contribution is -2.43. The van der Waals surface area contributed by atoms with Gasteiger partial charge >= 0.3 is 5.97 Å². The first-order chi connectivity index (χ1) is 9.54. The van der Waals surface area contributed by atoms with Gasteiger partial charge in [0.2, 0.25) is 5.91 Å². The molecule has 114 valence electrons. The predicted molar refractivity (Wildman–Crippen MR) is 80.7 cm³/mol. The Morgan fingerprint density at radius 3 is 2.43 bits per heavy atom. The number of carbonyl (C=O) groups excluding carboxylic acids is 1. The van der Waals surface area contributed by atoms with Crippen LogP contribution in [0.15, 0.2) is 30.3 Å². The van der Waals surface area contributed by atoms with Gasteiger partial charge in [0.25, 0.3) is 0 Å². The van der Waals surface area contributed by atoms with Crippen molar-refractivity contribution in [2.45, 2.75) is 18.6 Å². The van der Waals surface area contributed by atoms with E-state index < -0.39 is 26.5 Å². The van der Waals surface area contributed by atoms with Crippen LogP contribution in [0.3, 0.4) is 0 Å². The van der Waals surface area contributed by atoms with Gasteiger partial charge in [-0.25, -0.2) is 13.2 Å². The maximum atomic E-state index is 12.1. The highest BCUT2D eigenvalue weighted by molar-refractivity contribution is 7.92. The summed E-state index contributed by atoms with van der Waals surface area (Å²) < 4.78 is 21.6. The highest BCUT2D eigenvalue weighted by atomic mass is 32.2. The standard InChI is InChI=1S/C14H17NO5S/c1-14(2,21(3,19)20)13(18)15-11-6-4-5-10(9-11)7-8-12(16)17/h4-9H,1-3H3,(H,15,18)(H,16,17)/b8-7+. The van der Waals surface area contributed by atoms with Gasteiger partial charge in [0, 0.05) is 18.0 Å². The highest BCUT2D eigenvalue weighted by Gasteiger charge is 2.38.